The fourth-order valence-corrected chi connectivity index (χ4v) is 5.38. The smallest absolute Gasteiger partial charge is 0.262 e. The van der Waals surface area contributed by atoms with E-state index in [1.54, 1.807) is 4.90 Å². The molecular formula is C20H20N2O3. The Kier molecular flexibility index (Phi) is 2.56. The fraction of sp³-hybridized carbons (Fsp3) is 0.400. The third-order valence-corrected chi connectivity index (χ3v) is 6.40. The van der Waals surface area contributed by atoms with Crippen LogP contribution in [0.1, 0.15) is 20.8 Å². The molecule has 0 radical (unpaired) electrons. The first-order valence-electron chi connectivity index (χ1n) is 8.69. The molecule has 3 aliphatic heterocycles. The van der Waals surface area contributed by atoms with Crippen LogP contribution in [-0.2, 0) is 9.59 Å². The summed E-state index contributed by atoms with van der Waals surface area (Å²) in [5.74, 6) is -0.694. The molecule has 1 aromatic carbocycles. The maximum Gasteiger partial charge on any atom is 0.262 e. The zero-order chi connectivity index (χ0) is 17.7. The molecule has 1 aromatic rings. The van der Waals surface area contributed by atoms with E-state index in [1.165, 1.54) is 22.9 Å². The molecule has 0 aromatic heterocycles. The van der Waals surface area contributed by atoms with Crippen LogP contribution in [0.3, 0.4) is 0 Å². The number of nitrogens with one attached hydrogen (secondary N) is 1. The van der Waals surface area contributed by atoms with Gasteiger partial charge in [0, 0.05) is 34.8 Å². The molecule has 0 unspecified atom stereocenters. The summed E-state index contributed by atoms with van der Waals surface area (Å²) in [6.45, 7) is 6.18. The number of ketones is 1. The molecule has 128 valence electrons. The van der Waals surface area contributed by atoms with Gasteiger partial charge in [0.25, 0.3) is 5.91 Å². The topological polar surface area (TPSA) is 69.6 Å². The molecule has 5 nitrogen and oxygen atoms in total. The van der Waals surface area contributed by atoms with Crippen LogP contribution in [0.4, 0.5) is 5.69 Å². The van der Waals surface area contributed by atoms with E-state index in [1.807, 2.05) is 19.9 Å². The van der Waals surface area contributed by atoms with Gasteiger partial charge in [0.2, 0.25) is 0 Å². The Hall–Kier alpha value is -2.56. The summed E-state index contributed by atoms with van der Waals surface area (Å²) in [5.41, 5.74) is 1.80. The molecule has 4 aliphatic rings. The Bertz CT molecular complexity index is 1010. The number of anilines is 1. The van der Waals surface area contributed by atoms with Crippen molar-refractivity contribution in [3.05, 3.63) is 40.0 Å². The van der Waals surface area contributed by atoms with Crippen molar-refractivity contribution in [3.8, 4) is 0 Å². The Morgan fingerprint density at radius 3 is 2.80 bits per heavy atom. The van der Waals surface area contributed by atoms with Crippen molar-refractivity contribution in [2.24, 2.45) is 11.8 Å². The van der Waals surface area contributed by atoms with Crippen molar-refractivity contribution in [2.45, 2.75) is 32.4 Å². The largest absolute Gasteiger partial charge is 0.512 e. The molecule has 3 atom stereocenters. The first-order chi connectivity index (χ1) is 11.8. The van der Waals surface area contributed by atoms with Gasteiger partial charge in [-0.15, -0.1) is 0 Å². The standard InChI is InChI=1S/C20H20N2O3/c1-9(23)14-18(24)17-16-11-8-21-13-6-4-5-10(15(11)13)7-12(16)20(2,3)22(17)19(14)25/h4-7,12,16-17,21,23H,8H2,1-3H3/b14-9+/t12-,16+,17+/m0/s1. The summed E-state index contributed by atoms with van der Waals surface area (Å²) in [4.78, 5) is 27.7. The molecule has 2 saturated heterocycles. The molecule has 2 N–H and O–H groups in total. The van der Waals surface area contributed by atoms with Gasteiger partial charge in [-0.1, -0.05) is 18.2 Å². The second-order valence-electron chi connectivity index (χ2n) is 7.97. The van der Waals surface area contributed by atoms with E-state index in [2.05, 4.69) is 23.5 Å². The average Bonchev–Trinajstić information content (AvgIpc) is 3.14. The van der Waals surface area contributed by atoms with Gasteiger partial charge in [-0.05, 0) is 37.6 Å². The maximum absolute atomic E-state index is 13.0. The highest BCUT2D eigenvalue weighted by Crippen LogP contribution is 2.52. The van der Waals surface area contributed by atoms with Gasteiger partial charge in [0.1, 0.15) is 17.4 Å². The molecular weight excluding hydrogens is 316 g/mol. The van der Waals surface area contributed by atoms with Gasteiger partial charge in [0.05, 0.1) is 0 Å². The first-order valence-corrected chi connectivity index (χ1v) is 8.69. The van der Waals surface area contributed by atoms with Crippen LogP contribution < -0.4 is 15.8 Å². The number of allylic oxidation sites excluding steroid dienone is 1. The number of hydrogen-bond donors (Lipinski definition) is 2. The lowest BCUT2D eigenvalue weighted by Crippen LogP contribution is -2.46. The predicted molar refractivity (Wildman–Crippen MR) is 94.1 cm³/mol. The number of aliphatic hydroxyl groups is 1. The summed E-state index contributed by atoms with van der Waals surface area (Å²) in [7, 11) is 0. The molecule has 25 heavy (non-hydrogen) atoms. The minimum atomic E-state index is -0.517. The Labute approximate surface area is 145 Å². The van der Waals surface area contributed by atoms with Crippen LogP contribution >= 0.6 is 0 Å². The highest BCUT2D eigenvalue weighted by Gasteiger charge is 2.64. The van der Waals surface area contributed by atoms with E-state index in [-0.39, 0.29) is 34.9 Å². The summed E-state index contributed by atoms with van der Waals surface area (Å²) < 4.78 is 0. The molecule has 0 spiro atoms. The molecule has 2 fully saturated rings. The van der Waals surface area contributed by atoms with Crippen molar-refractivity contribution < 1.29 is 14.7 Å². The lowest BCUT2D eigenvalue weighted by Gasteiger charge is -2.34. The van der Waals surface area contributed by atoms with Crippen LogP contribution in [-0.4, -0.2) is 39.8 Å². The number of fused-ring (bicyclic) bond motifs is 4. The lowest BCUT2D eigenvalue weighted by atomic mass is 9.72. The number of carbonyl (C=O) groups is 2. The van der Waals surface area contributed by atoms with E-state index in [0.717, 1.165) is 5.69 Å². The Morgan fingerprint density at radius 1 is 1.32 bits per heavy atom. The summed E-state index contributed by atoms with van der Waals surface area (Å²) in [6.07, 6.45) is 2.23. The third kappa shape index (κ3) is 1.54. The fourth-order valence-electron chi connectivity index (χ4n) is 5.38. The van der Waals surface area contributed by atoms with Crippen LogP contribution in [0.5, 0.6) is 0 Å². The predicted octanol–water partition coefficient (Wildman–Crippen LogP) is 0.693. The molecule has 5 heteroatoms. The van der Waals surface area contributed by atoms with Gasteiger partial charge in [0.15, 0.2) is 5.78 Å². The van der Waals surface area contributed by atoms with Crippen LogP contribution in [0.25, 0.3) is 11.6 Å². The number of hydrogen-bond acceptors (Lipinski definition) is 4. The Morgan fingerprint density at radius 2 is 2.08 bits per heavy atom. The van der Waals surface area contributed by atoms with Crippen molar-refractivity contribution in [2.75, 3.05) is 11.9 Å². The van der Waals surface area contributed by atoms with E-state index in [9.17, 15) is 14.7 Å². The highest BCUT2D eigenvalue weighted by atomic mass is 16.3. The second kappa shape index (κ2) is 4.34. The van der Waals surface area contributed by atoms with Crippen LogP contribution in [0, 0.1) is 11.8 Å². The van der Waals surface area contributed by atoms with Gasteiger partial charge in [-0.2, -0.15) is 0 Å². The number of aliphatic hydroxyl groups excluding tert-OH is 1. The van der Waals surface area contributed by atoms with Crippen molar-refractivity contribution in [1.82, 2.24) is 4.90 Å². The third-order valence-electron chi connectivity index (χ3n) is 6.40. The highest BCUT2D eigenvalue weighted by molar-refractivity contribution is 6.28. The van der Waals surface area contributed by atoms with Gasteiger partial charge in [-0.25, -0.2) is 0 Å². The number of amides is 1. The maximum atomic E-state index is 13.0. The number of benzene rings is 1. The zero-order valence-corrected chi connectivity index (χ0v) is 14.5. The van der Waals surface area contributed by atoms with E-state index in [0.29, 0.717) is 6.54 Å². The van der Waals surface area contributed by atoms with E-state index >= 15 is 0 Å². The molecule has 3 heterocycles. The quantitative estimate of drug-likeness (QED) is 0.416. The monoisotopic (exact) mass is 336 g/mol. The molecule has 1 aliphatic carbocycles. The zero-order valence-electron chi connectivity index (χ0n) is 14.5. The van der Waals surface area contributed by atoms with E-state index in [4.69, 9.17) is 0 Å². The van der Waals surface area contributed by atoms with Crippen molar-refractivity contribution >= 4 is 29.0 Å². The second-order valence-corrected chi connectivity index (χ2v) is 7.97. The normalized spacial score (nSPS) is 32.8. The molecule has 0 bridgehead atoms. The lowest BCUT2D eigenvalue weighted by molar-refractivity contribution is -0.130. The summed E-state index contributed by atoms with van der Waals surface area (Å²) >= 11 is 0. The average molecular weight is 336 g/mol. The van der Waals surface area contributed by atoms with Crippen molar-refractivity contribution in [1.29, 1.82) is 0 Å². The van der Waals surface area contributed by atoms with Crippen LogP contribution in [0.2, 0.25) is 0 Å². The molecule has 0 saturated carbocycles. The van der Waals surface area contributed by atoms with E-state index < -0.39 is 11.6 Å². The van der Waals surface area contributed by atoms with Gasteiger partial charge >= 0.3 is 0 Å². The Balaban J connectivity index is 1.80. The minimum absolute atomic E-state index is 0.0352. The molecule has 1 amide bonds. The first kappa shape index (κ1) is 14.8. The minimum Gasteiger partial charge on any atom is -0.512 e. The SMILES string of the molecule is C/C(O)=C1/C(=O)[C@H]2[C@@H]3C4=c5c(cccc5=C[C@@H]3C(C)(C)N2C1=O)NC4. The number of rotatable bonds is 0. The molecule has 5 rings (SSSR count). The van der Waals surface area contributed by atoms with Gasteiger partial charge < -0.3 is 15.3 Å². The number of Topliss-reactive ketones (excluding diaryl/α,β-unsaturated/α-hetero) is 1. The number of carbonyl (C=O) groups excluding carboxylic acids is 2. The van der Waals surface area contributed by atoms with Crippen LogP contribution in [0.15, 0.2) is 29.5 Å². The van der Waals surface area contributed by atoms with Crippen molar-refractivity contribution in [3.63, 3.8) is 0 Å². The van der Waals surface area contributed by atoms with Gasteiger partial charge in [-0.3, -0.25) is 9.59 Å². The summed E-state index contributed by atoms with van der Waals surface area (Å²) in [5, 5.41) is 15.7. The summed E-state index contributed by atoms with van der Waals surface area (Å²) in [6, 6.07) is 5.69. The number of nitrogens with zero attached hydrogens (tertiary/aromatic N) is 1.